The Morgan fingerprint density at radius 2 is 1.11 bits per heavy atom. The van der Waals surface area contributed by atoms with Crippen LogP contribution in [-0.2, 0) is 18.5 Å². The molecule has 4 rings (SSSR count). The first-order chi connectivity index (χ1) is 16.6. The van der Waals surface area contributed by atoms with E-state index < -0.39 is 18.5 Å². The van der Waals surface area contributed by atoms with Crippen molar-refractivity contribution in [3.8, 4) is 22.3 Å². The fourth-order valence-corrected chi connectivity index (χ4v) is 5.82. The first-order valence-corrected chi connectivity index (χ1v) is 14.3. The summed E-state index contributed by atoms with van der Waals surface area (Å²) in [6.45, 7) is 4.11. The average Bonchev–Trinajstić information content (AvgIpc) is 2.86. The number of allylic oxidation sites excluding steroid dienone is 8. The molecule has 2 nitrogen and oxygen atoms in total. The Morgan fingerprint density at radius 1 is 0.714 bits per heavy atom. The number of halogens is 2. The van der Waals surface area contributed by atoms with Crippen LogP contribution in [0.2, 0.25) is 0 Å². The monoisotopic (exact) mass is 606 g/mol. The van der Waals surface area contributed by atoms with Crippen molar-refractivity contribution in [2.24, 2.45) is 0 Å². The summed E-state index contributed by atoms with van der Waals surface area (Å²) in [5.74, 6) is 5.72. The summed E-state index contributed by atoms with van der Waals surface area (Å²) >= 11 is 7.66. The molecule has 0 saturated heterocycles. The number of benzene rings is 2. The van der Waals surface area contributed by atoms with Crippen molar-refractivity contribution >= 4 is 41.7 Å². The van der Waals surface area contributed by atoms with Crippen LogP contribution >= 0.6 is 31.9 Å². The molecule has 0 bridgehead atoms. The van der Waals surface area contributed by atoms with Gasteiger partial charge < -0.3 is 0 Å². The van der Waals surface area contributed by atoms with Crippen LogP contribution in [0.5, 0.6) is 0 Å². The van der Waals surface area contributed by atoms with Gasteiger partial charge in [-0.1, -0.05) is 116 Å². The first kappa shape index (κ1) is 25.5. The van der Waals surface area contributed by atoms with E-state index in [2.05, 4.69) is 105 Å². The lowest BCUT2D eigenvalue weighted by atomic mass is 9.87. The molecule has 35 heavy (non-hydrogen) atoms. The molecular formula is C30H24Br2O2S. The van der Waals surface area contributed by atoms with Gasteiger partial charge in [0.25, 0.3) is 9.84 Å². The molecule has 0 aliphatic heterocycles. The van der Waals surface area contributed by atoms with Crippen LogP contribution in [-0.4, -0.2) is 8.42 Å². The Bertz CT molecular complexity index is 1410. The van der Waals surface area contributed by atoms with Gasteiger partial charge in [-0.2, -0.15) is 0 Å². The molecule has 0 spiro atoms. The highest BCUT2D eigenvalue weighted by molar-refractivity contribution is 9.10. The summed E-state index contributed by atoms with van der Waals surface area (Å²) in [7, 11) is -3.94. The molecule has 0 amide bonds. The van der Waals surface area contributed by atoms with E-state index in [1.54, 1.807) is 0 Å². The van der Waals surface area contributed by atoms with Gasteiger partial charge in [0.1, 0.15) is 0 Å². The Balaban J connectivity index is 1.65. The number of rotatable bonds is 2. The van der Waals surface area contributed by atoms with Crippen molar-refractivity contribution in [3.05, 3.63) is 118 Å². The van der Waals surface area contributed by atoms with Gasteiger partial charge in [-0.05, 0) is 61.8 Å². The summed E-state index contributed by atoms with van der Waals surface area (Å²) in [4.78, 5) is 0. The Kier molecular flexibility index (Phi) is 7.43. The third-order valence-electron chi connectivity index (χ3n) is 6.05. The standard InChI is InChI=1S/C30H24Br2O2S/c1-23-11-17-29(31,18-12-23)27-9-5-3-7-25(27)15-21-35(33,34)22-16-26-8-4-6-10-28(26)30(32)19-13-24(2)14-20-30/h3-14,17,19H,18,20H2,1-2H3. The fraction of sp³-hybridized carbons (Fsp3) is 0.200. The van der Waals surface area contributed by atoms with Crippen molar-refractivity contribution in [3.63, 3.8) is 0 Å². The van der Waals surface area contributed by atoms with Crippen molar-refractivity contribution in [1.82, 2.24) is 0 Å². The molecule has 2 aromatic rings. The highest BCUT2D eigenvalue weighted by Crippen LogP contribution is 2.42. The number of hydrogen-bond donors (Lipinski definition) is 0. The molecule has 2 aliphatic carbocycles. The van der Waals surface area contributed by atoms with E-state index in [1.165, 1.54) is 11.1 Å². The normalized spacial score (nSPS) is 23.3. The third-order valence-corrected chi connectivity index (χ3v) is 8.82. The minimum atomic E-state index is -3.94. The molecule has 2 unspecified atom stereocenters. The van der Waals surface area contributed by atoms with E-state index in [0.29, 0.717) is 11.1 Å². The van der Waals surface area contributed by atoms with Crippen LogP contribution in [0.1, 0.15) is 48.9 Å². The van der Waals surface area contributed by atoms with Gasteiger partial charge >= 0.3 is 0 Å². The minimum absolute atomic E-state index is 0.420. The second-order valence-electron chi connectivity index (χ2n) is 8.74. The van der Waals surface area contributed by atoms with Gasteiger partial charge in [0, 0.05) is 21.6 Å². The highest BCUT2D eigenvalue weighted by atomic mass is 79.9. The van der Waals surface area contributed by atoms with Gasteiger partial charge in [-0.15, -0.1) is 0 Å². The summed E-state index contributed by atoms with van der Waals surface area (Å²) in [5, 5.41) is 4.84. The van der Waals surface area contributed by atoms with Crippen LogP contribution in [0.4, 0.5) is 0 Å². The molecule has 2 aromatic carbocycles. The summed E-state index contributed by atoms with van der Waals surface area (Å²) in [6, 6.07) is 15.2. The zero-order valence-electron chi connectivity index (χ0n) is 19.5. The molecule has 0 aromatic heterocycles. The van der Waals surface area contributed by atoms with Crippen LogP contribution in [0.15, 0.2) is 96.1 Å². The quantitative estimate of drug-likeness (QED) is 0.263. The highest BCUT2D eigenvalue weighted by Gasteiger charge is 2.29. The molecule has 2 aliphatic rings. The molecular weight excluding hydrogens is 584 g/mol. The summed E-state index contributed by atoms with van der Waals surface area (Å²) in [5.41, 5.74) is 5.55. The average molecular weight is 608 g/mol. The molecule has 0 heterocycles. The Labute approximate surface area is 225 Å². The number of hydrogen-bond acceptors (Lipinski definition) is 2. The van der Waals surface area contributed by atoms with Crippen LogP contribution < -0.4 is 0 Å². The largest absolute Gasteiger partial charge is 0.284 e. The maximum absolute atomic E-state index is 12.8. The van der Waals surface area contributed by atoms with Gasteiger partial charge in [0.05, 0.1) is 8.65 Å². The molecule has 176 valence electrons. The van der Waals surface area contributed by atoms with Crippen molar-refractivity contribution in [2.75, 3.05) is 0 Å². The maximum atomic E-state index is 12.8. The lowest BCUT2D eigenvalue weighted by molar-refractivity contribution is 0.615. The van der Waals surface area contributed by atoms with E-state index in [4.69, 9.17) is 0 Å². The zero-order valence-corrected chi connectivity index (χ0v) is 23.5. The van der Waals surface area contributed by atoms with E-state index >= 15 is 0 Å². The Morgan fingerprint density at radius 3 is 1.49 bits per heavy atom. The summed E-state index contributed by atoms with van der Waals surface area (Å²) < 4.78 is 24.7. The van der Waals surface area contributed by atoms with Gasteiger partial charge in [-0.25, -0.2) is 8.42 Å². The summed E-state index contributed by atoms with van der Waals surface area (Å²) in [6.07, 6.45) is 14.1. The molecule has 0 N–H and O–H groups in total. The molecule has 0 fully saturated rings. The molecule has 5 heteroatoms. The lowest BCUT2D eigenvalue weighted by Crippen LogP contribution is -2.18. The lowest BCUT2D eigenvalue weighted by Gasteiger charge is -2.27. The SMILES string of the molecule is CC1=CCC(Br)(c2ccccc2C#CS(=O)(=O)C#Cc2ccccc2C2(Br)C=CC(C)=CC2)C=C1. The second-order valence-corrected chi connectivity index (χ2v) is 13.0. The van der Waals surface area contributed by atoms with E-state index in [1.807, 2.05) is 48.5 Å². The third kappa shape index (κ3) is 5.99. The zero-order chi connectivity index (χ0) is 25.1. The van der Waals surface area contributed by atoms with Crippen molar-refractivity contribution in [2.45, 2.75) is 35.3 Å². The molecule has 0 saturated carbocycles. The van der Waals surface area contributed by atoms with Crippen molar-refractivity contribution in [1.29, 1.82) is 0 Å². The maximum Gasteiger partial charge on any atom is 0.284 e. The predicted octanol–water partition coefficient (Wildman–Crippen LogP) is 7.41. The predicted molar refractivity (Wildman–Crippen MR) is 152 cm³/mol. The Hall–Kier alpha value is -2.57. The van der Waals surface area contributed by atoms with Gasteiger partial charge in [0.15, 0.2) is 0 Å². The number of sulfone groups is 1. The molecule has 0 radical (unpaired) electrons. The number of alkyl halides is 2. The van der Waals surface area contributed by atoms with Crippen LogP contribution in [0.3, 0.4) is 0 Å². The smallest absolute Gasteiger partial charge is 0.202 e. The van der Waals surface area contributed by atoms with Crippen LogP contribution in [0.25, 0.3) is 0 Å². The second kappa shape index (κ2) is 10.2. The van der Waals surface area contributed by atoms with Gasteiger partial charge in [0.2, 0.25) is 0 Å². The topological polar surface area (TPSA) is 34.1 Å². The molecule has 2 atom stereocenters. The minimum Gasteiger partial charge on any atom is -0.202 e. The van der Waals surface area contributed by atoms with E-state index in [0.717, 1.165) is 24.0 Å². The van der Waals surface area contributed by atoms with Gasteiger partial charge in [-0.3, -0.25) is 0 Å². The van der Waals surface area contributed by atoms with Crippen molar-refractivity contribution < 1.29 is 8.42 Å². The first-order valence-electron chi connectivity index (χ1n) is 11.2. The van der Waals surface area contributed by atoms with E-state index in [-0.39, 0.29) is 0 Å². The van der Waals surface area contributed by atoms with E-state index in [9.17, 15) is 8.42 Å². The fourth-order valence-electron chi connectivity index (χ4n) is 4.00. The van der Waals surface area contributed by atoms with Crippen LogP contribution in [0, 0.1) is 22.3 Å².